The summed E-state index contributed by atoms with van der Waals surface area (Å²) in [6.07, 6.45) is 1.02. The number of hydrogen-bond donors (Lipinski definition) is 1. The molecule has 2 nitrogen and oxygen atoms in total. The molecule has 2 aromatic carbocycles. The van der Waals surface area contributed by atoms with Gasteiger partial charge < -0.3 is 10.1 Å². The molecule has 1 atom stereocenters. The predicted octanol–water partition coefficient (Wildman–Crippen LogP) is 3.42. The van der Waals surface area contributed by atoms with Crippen molar-refractivity contribution in [2.24, 2.45) is 0 Å². The van der Waals surface area contributed by atoms with Gasteiger partial charge in [-0.3, -0.25) is 0 Å². The third-order valence-electron chi connectivity index (χ3n) is 3.20. The van der Waals surface area contributed by atoms with Crippen molar-refractivity contribution in [3.8, 4) is 5.75 Å². The first kappa shape index (κ1) is 13.6. The van der Waals surface area contributed by atoms with Crippen LogP contribution < -0.4 is 10.1 Å². The zero-order valence-corrected chi connectivity index (χ0v) is 11.6. The van der Waals surface area contributed by atoms with E-state index in [0.717, 1.165) is 18.7 Å². The minimum atomic E-state index is 0.452. The molecule has 100 valence electrons. The normalized spacial score (nSPS) is 12.1. The van der Waals surface area contributed by atoms with Gasteiger partial charge in [-0.05, 0) is 36.6 Å². The van der Waals surface area contributed by atoms with Crippen molar-refractivity contribution in [2.45, 2.75) is 25.9 Å². The lowest BCUT2D eigenvalue weighted by atomic mass is 10.1. The van der Waals surface area contributed by atoms with E-state index in [1.165, 1.54) is 11.1 Å². The molecular formula is C17H21NO. The van der Waals surface area contributed by atoms with Crippen LogP contribution in [0, 0.1) is 0 Å². The molecule has 0 saturated carbocycles. The highest BCUT2D eigenvalue weighted by Gasteiger charge is 2.03. The van der Waals surface area contributed by atoms with E-state index in [1.54, 1.807) is 7.11 Å². The van der Waals surface area contributed by atoms with Crippen LogP contribution in [0.15, 0.2) is 54.6 Å². The van der Waals surface area contributed by atoms with Crippen LogP contribution in [-0.2, 0) is 13.0 Å². The van der Waals surface area contributed by atoms with Gasteiger partial charge in [-0.1, -0.05) is 42.5 Å². The fourth-order valence-corrected chi connectivity index (χ4v) is 2.08. The minimum Gasteiger partial charge on any atom is -0.497 e. The first-order valence-electron chi connectivity index (χ1n) is 6.68. The maximum atomic E-state index is 5.16. The van der Waals surface area contributed by atoms with Gasteiger partial charge in [0.05, 0.1) is 7.11 Å². The van der Waals surface area contributed by atoms with Crippen LogP contribution in [0.1, 0.15) is 18.1 Å². The predicted molar refractivity (Wildman–Crippen MR) is 79.4 cm³/mol. The standard InChI is InChI=1S/C17H21NO/c1-14(18-13-16-6-4-3-5-7-16)12-15-8-10-17(19-2)11-9-15/h3-11,14,18H,12-13H2,1-2H3/t14-/m0/s1. The van der Waals surface area contributed by atoms with E-state index in [-0.39, 0.29) is 0 Å². The quantitative estimate of drug-likeness (QED) is 0.854. The fraction of sp³-hybridized carbons (Fsp3) is 0.294. The van der Waals surface area contributed by atoms with E-state index in [0.29, 0.717) is 6.04 Å². The van der Waals surface area contributed by atoms with Gasteiger partial charge in [-0.15, -0.1) is 0 Å². The highest BCUT2D eigenvalue weighted by Crippen LogP contribution is 2.12. The number of nitrogens with one attached hydrogen (secondary N) is 1. The molecule has 0 radical (unpaired) electrons. The summed E-state index contributed by atoms with van der Waals surface area (Å²) in [5.74, 6) is 0.911. The molecule has 0 unspecified atom stereocenters. The Kier molecular flexibility index (Phi) is 4.99. The van der Waals surface area contributed by atoms with Crippen molar-refractivity contribution >= 4 is 0 Å². The SMILES string of the molecule is COc1ccc(C[C@H](C)NCc2ccccc2)cc1. The Hall–Kier alpha value is -1.80. The fourth-order valence-electron chi connectivity index (χ4n) is 2.08. The lowest BCUT2D eigenvalue weighted by Crippen LogP contribution is -2.27. The molecule has 0 aliphatic heterocycles. The summed E-state index contributed by atoms with van der Waals surface area (Å²) in [6.45, 7) is 3.13. The second-order valence-corrected chi connectivity index (χ2v) is 4.82. The Morgan fingerprint density at radius 1 is 0.947 bits per heavy atom. The molecule has 0 fully saturated rings. The van der Waals surface area contributed by atoms with Gasteiger partial charge in [0, 0.05) is 12.6 Å². The average molecular weight is 255 g/mol. The molecule has 0 aromatic heterocycles. The molecular weight excluding hydrogens is 234 g/mol. The van der Waals surface area contributed by atoms with E-state index in [4.69, 9.17) is 4.74 Å². The topological polar surface area (TPSA) is 21.3 Å². The van der Waals surface area contributed by atoms with Crippen molar-refractivity contribution in [2.75, 3.05) is 7.11 Å². The van der Waals surface area contributed by atoms with E-state index in [2.05, 4.69) is 48.6 Å². The number of ether oxygens (including phenoxy) is 1. The molecule has 0 heterocycles. The molecule has 2 heteroatoms. The Morgan fingerprint density at radius 3 is 2.26 bits per heavy atom. The van der Waals surface area contributed by atoms with Gasteiger partial charge in [0.1, 0.15) is 5.75 Å². The van der Waals surface area contributed by atoms with Crippen LogP contribution in [0.2, 0.25) is 0 Å². The van der Waals surface area contributed by atoms with Crippen LogP contribution in [0.4, 0.5) is 0 Å². The van der Waals surface area contributed by atoms with Crippen molar-refractivity contribution in [3.63, 3.8) is 0 Å². The lowest BCUT2D eigenvalue weighted by molar-refractivity contribution is 0.414. The summed E-state index contributed by atoms with van der Waals surface area (Å²) in [7, 11) is 1.69. The molecule has 0 amide bonds. The van der Waals surface area contributed by atoms with E-state index in [9.17, 15) is 0 Å². The van der Waals surface area contributed by atoms with Crippen LogP contribution >= 0.6 is 0 Å². The molecule has 2 rings (SSSR count). The smallest absolute Gasteiger partial charge is 0.118 e. The van der Waals surface area contributed by atoms with E-state index < -0.39 is 0 Å². The Balaban J connectivity index is 1.82. The van der Waals surface area contributed by atoms with E-state index in [1.807, 2.05) is 18.2 Å². The first-order chi connectivity index (χ1) is 9.28. The molecule has 1 N–H and O–H groups in total. The zero-order chi connectivity index (χ0) is 13.5. The Morgan fingerprint density at radius 2 is 1.63 bits per heavy atom. The van der Waals surface area contributed by atoms with Gasteiger partial charge >= 0.3 is 0 Å². The van der Waals surface area contributed by atoms with Crippen molar-refractivity contribution < 1.29 is 4.74 Å². The van der Waals surface area contributed by atoms with Crippen molar-refractivity contribution in [3.05, 3.63) is 65.7 Å². The zero-order valence-electron chi connectivity index (χ0n) is 11.6. The first-order valence-corrected chi connectivity index (χ1v) is 6.68. The van der Waals surface area contributed by atoms with E-state index >= 15 is 0 Å². The summed E-state index contributed by atoms with van der Waals surface area (Å²) in [6, 6.07) is 19.2. The average Bonchev–Trinajstić information content (AvgIpc) is 2.47. The van der Waals surface area contributed by atoms with Gasteiger partial charge in [-0.2, -0.15) is 0 Å². The van der Waals surface area contributed by atoms with Crippen LogP contribution in [0.25, 0.3) is 0 Å². The number of benzene rings is 2. The van der Waals surface area contributed by atoms with Gasteiger partial charge in [-0.25, -0.2) is 0 Å². The van der Waals surface area contributed by atoms with Gasteiger partial charge in [0.25, 0.3) is 0 Å². The summed E-state index contributed by atoms with van der Waals surface area (Å²) < 4.78 is 5.16. The van der Waals surface area contributed by atoms with Gasteiger partial charge in [0.15, 0.2) is 0 Å². The molecule has 0 saturated heterocycles. The number of hydrogen-bond acceptors (Lipinski definition) is 2. The van der Waals surface area contributed by atoms with Crippen LogP contribution in [0.5, 0.6) is 5.75 Å². The Bertz CT molecular complexity index is 478. The summed E-state index contributed by atoms with van der Waals surface area (Å²) in [5.41, 5.74) is 2.65. The number of rotatable bonds is 6. The Labute approximate surface area is 115 Å². The molecule has 0 aliphatic carbocycles. The molecule has 0 bridgehead atoms. The summed E-state index contributed by atoms with van der Waals surface area (Å²) >= 11 is 0. The second-order valence-electron chi connectivity index (χ2n) is 4.82. The molecule has 0 spiro atoms. The monoisotopic (exact) mass is 255 g/mol. The third-order valence-corrected chi connectivity index (χ3v) is 3.20. The number of methoxy groups -OCH3 is 1. The second kappa shape index (κ2) is 6.95. The minimum absolute atomic E-state index is 0.452. The maximum Gasteiger partial charge on any atom is 0.118 e. The van der Waals surface area contributed by atoms with Crippen LogP contribution in [-0.4, -0.2) is 13.2 Å². The summed E-state index contributed by atoms with van der Waals surface area (Å²) in [4.78, 5) is 0. The third kappa shape index (κ3) is 4.42. The molecule has 2 aromatic rings. The highest BCUT2D eigenvalue weighted by molar-refractivity contribution is 5.27. The molecule has 19 heavy (non-hydrogen) atoms. The van der Waals surface area contributed by atoms with Crippen molar-refractivity contribution in [1.82, 2.24) is 5.32 Å². The summed E-state index contributed by atoms with van der Waals surface area (Å²) in [5, 5.41) is 3.54. The highest BCUT2D eigenvalue weighted by atomic mass is 16.5. The molecule has 0 aliphatic rings. The van der Waals surface area contributed by atoms with Crippen molar-refractivity contribution in [1.29, 1.82) is 0 Å². The van der Waals surface area contributed by atoms with Crippen LogP contribution in [0.3, 0.4) is 0 Å². The largest absolute Gasteiger partial charge is 0.497 e. The van der Waals surface area contributed by atoms with Gasteiger partial charge in [0.2, 0.25) is 0 Å². The lowest BCUT2D eigenvalue weighted by Gasteiger charge is -2.14. The maximum absolute atomic E-state index is 5.16.